The number of hydrogen-bond acceptors (Lipinski definition) is 4. The van der Waals surface area contributed by atoms with Crippen LogP contribution in [0.1, 0.15) is 76.7 Å². The third-order valence-electron chi connectivity index (χ3n) is 4.66. The van der Waals surface area contributed by atoms with Gasteiger partial charge in [-0.25, -0.2) is 5.43 Å². The topological polar surface area (TPSA) is 71.7 Å². The molecule has 2 aromatic rings. The maximum atomic E-state index is 12.4. The third kappa shape index (κ3) is 7.47. The van der Waals surface area contributed by atoms with E-state index in [1.54, 1.807) is 18.2 Å². The number of benzene rings is 1. The standard InChI is InChI=1S/C22H29ClN2O3/c1-2-3-4-5-6-7-8-9-10-11-21(26)25-24-15-17-16-28-20-13-12-18(23)14-19(20)22(17)27/h12-16H,2-11H2,1H3,(H,25,26)/b24-15+. The van der Waals surface area contributed by atoms with Crippen LogP contribution in [0, 0.1) is 0 Å². The molecule has 0 saturated heterocycles. The van der Waals surface area contributed by atoms with Crippen molar-refractivity contribution in [1.82, 2.24) is 5.43 Å². The second kappa shape index (κ2) is 12.3. The minimum atomic E-state index is -0.235. The summed E-state index contributed by atoms with van der Waals surface area (Å²) in [6, 6.07) is 4.86. The molecule has 0 spiro atoms. The minimum absolute atomic E-state index is 0.146. The zero-order chi connectivity index (χ0) is 20.2. The predicted octanol–water partition coefficient (Wildman–Crippen LogP) is 5.82. The van der Waals surface area contributed by atoms with Crippen LogP contribution >= 0.6 is 11.6 Å². The van der Waals surface area contributed by atoms with Crippen LogP contribution in [-0.2, 0) is 4.79 Å². The molecule has 1 amide bonds. The fourth-order valence-electron chi connectivity index (χ4n) is 3.03. The molecule has 0 aliphatic rings. The lowest BCUT2D eigenvalue weighted by molar-refractivity contribution is -0.121. The highest BCUT2D eigenvalue weighted by Crippen LogP contribution is 2.16. The number of unbranched alkanes of at least 4 members (excludes halogenated alkanes) is 8. The van der Waals surface area contributed by atoms with E-state index in [1.807, 2.05) is 0 Å². The molecular formula is C22H29ClN2O3. The molecule has 152 valence electrons. The molecule has 0 unspecified atom stereocenters. The molecule has 1 aromatic heterocycles. The molecule has 0 aliphatic carbocycles. The molecule has 0 atom stereocenters. The van der Waals surface area contributed by atoms with E-state index in [1.165, 1.54) is 57.4 Å². The molecular weight excluding hydrogens is 376 g/mol. The summed E-state index contributed by atoms with van der Waals surface area (Å²) in [4.78, 5) is 24.2. The Morgan fingerprint density at radius 3 is 2.50 bits per heavy atom. The van der Waals surface area contributed by atoms with Crippen molar-refractivity contribution < 1.29 is 9.21 Å². The summed E-state index contributed by atoms with van der Waals surface area (Å²) in [6.07, 6.45) is 13.9. The van der Waals surface area contributed by atoms with Gasteiger partial charge in [-0.05, 0) is 24.6 Å². The van der Waals surface area contributed by atoms with Gasteiger partial charge in [0.25, 0.3) is 0 Å². The normalized spacial score (nSPS) is 11.4. The molecule has 1 N–H and O–H groups in total. The number of hydrogen-bond donors (Lipinski definition) is 1. The van der Waals surface area contributed by atoms with E-state index < -0.39 is 0 Å². The number of nitrogens with zero attached hydrogens (tertiary/aromatic N) is 1. The minimum Gasteiger partial charge on any atom is -0.463 e. The largest absolute Gasteiger partial charge is 0.463 e. The Morgan fingerprint density at radius 2 is 1.79 bits per heavy atom. The summed E-state index contributed by atoms with van der Waals surface area (Å²) in [5.74, 6) is -0.146. The first-order chi connectivity index (χ1) is 13.6. The Kier molecular flexibility index (Phi) is 9.77. The van der Waals surface area contributed by atoms with Gasteiger partial charge in [-0.2, -0.15) is 5.10 Å². The SMILES string of the molecule is CCCCCCCCCCCC(=O)N/N=C/c1coc2ccc(Cl)cc2c1=O. The molecule has 0 fully saturated rings. The summed E-state index contributed by atoms with van der Waals surface area (Å²) in [5.41, 5.74) is 2.95. The smallest absolute Gasteiger partial charge is 0.240 e. The molecule has 1 aromatic carbocycles. The van der Waals surface area contributed by atoms with Crippen LogP contribution in [0.4, 0.5) is 0 Å². The van der Waals surface area contributed by atoms with Gasteiger partial charge in [0, 0.05) is 11.4 Å². The van der Waals surface area contributed by atoms with Crippen LogP contribution in [0.3, 0.4) is 0 Å². The number of fused-ring (bicyclic) bond motifs is 1. The van der Waals surface area contributed by atoms with E-state index in [0.29, 0.717) is 22.4 Å². The van der Waals surface area contributed by atoms with E-state index in [4.69, 9.17) is 16.0 Å². The van der Waals surface area contributed by atoms with Gasteiger partial charge in [0.15, 0.2) is 0 Å². The van der Waals surface area contributed by atoms with Gasteiger partial charge in [0.1, 0.15) is 11.8 Å². The quantitative estimate of drug-likeness (QED) is 0.275. The van der Waals surface area contributed by atoms with Gasteiger partial charge in [-0.3, -0.25) is 9.59 Å². The molecule has 0 saturated carbocycles. The summed E-state index contributed by atoms with van der Waals surface area (Å²) < 4.78 is 5.41. The highest BCUT2D eigenvalue weighted by atomic mass is 35.5. The summed E-state index contributed by atoms with van der Waals surface area (Å²) in [5, 5.41) is 4.72. The third-order valence-corrected chi connectivity index (χ3v) is 4.90. The molecule has 5 nitrogen and oxygen atoms in total. The van der Waals surface area contributed by atoms with E-state index in [2.05, 4.69) is 17.5 Å². The number of rotatable bonds is 12. The Morgan fingerprint density at radius 1 is 1.11 bits per heavy atom. The second-order valence-corrected chi connectivity index (χ2v) is 7.47. The molecule has 0 aliphatic heterocycles. The van der Waals surface area contributed by atoms with Gasteiger partial charge in [-0.15, -0.1) is 0 Å². The lowest BCUT2D eigenvalue weighted by atomic mass is 10.1. The van der Waals surface area contributed by atoms with Crippen LogP contribution in [-0.4, -0.2) is 12.1 Å². The van der Waals surface area contributed by atoms with E-state index in [-0.39, 0.29) is 16.9 Å². The van der Waals surface area contributed by atoms with Crippen molar-refractivity contribution in [2.75, 3.05) is 0 Å². The van der Waals surface area contributed by atoms with Gasteiger partial charge >= 0.3 is 0 Å². The first kappa shape index (κ1) is 22.2. The Bertz CT molecular complexity index is 845. The first-order valence-electron chi connectivity index (χ1n) is 10.1. The Hall–Kier alpha value is -2.14. The van der Waals surface area contributed by atoms with E-state index >= 15 is 0 Å². The number of halogens is 1. The first-order valence-corrected chi connectivity index (χ1v) is 10.5. The second-order valence-electron chi connectivity index (χ2n) is 7.03. The number of carbonyl (C=O) groups excluding carboxylic acids is 1. The number of hydrazone groups is 1. The lowest BCUT2D eigenvalue weighted by Crippen LogP contribution is -2.18. The molecule has 28 heavy (non-hydrogen) atoms. The zero-order valence-corrected chi connectivity index (χ0v) is 17.3. The molecule has 1 heterocycles. The number of nitrogens with one attached hydrogen (secondary N) is 1. The Labute approximate surface area is 171 Å². The van der Waals surface area contributed by atoms with Gasteiger partial charge < -0.3 is 4.42 Å². The summed E-state index contributed by atoms with van der Waals surface area (Å²) in [7, 11) is 0. The van der Waals surface area contributed by atoms with Crippen LogP contribution < -0.4 is 10.9 Å². The number of amides is 1. The van der Waals surface area contributed by atoms with Gasteiger partial charge in [-0.1, -0.05) is 69.9 Å². The van der Waals surface area contributed by atoms with Gasteiger partial charge in [0.05, 0.1) is 17.2 Å². The summed E-state index contributed by atoms with van der Waals surface area (Å²) >= 11 is 5.93. The maximum Gasteiger partial charge on any atom is 0.240 e. The highest BCUT2D eigenvalue weighted by molar-refractivity contribution is 6.31. The van der Waals surface area contributed by atoms with Crippen LogP contribution in [0.5, 0.6) is 0 Å². The van der Waals surface area contributed by atoms with E-state index in [9.17, 15) is 9.59 Å². The monoisotopic (exact) mass is 404 g/mol. The van der Waals surface area contributed by atoms with Crippen molar-refractivity contribution in [3.05, 3.63) is 45.3 Å². The van der Waals surface area contributed by atoms with Crippen LogP contribution in [0.15, 0.2) is 38.8 Å². The molecule has 0 radical (unpaired) electrons. The zero-order valence-electron chi connectivity index (χ0n) is 16.5. The number of carbonyl (C=O) groups is 1. The van der Waals surface area contributed by atoms with Crippen LogP contribution in [0.2, 0.25) is 5.02 Å². The van der Waals surface area contributed by atoms with Crippen molar-refractivity contribution in [3.63, 3.8) is 0 Å². The lowest BCUT2D eigenvalue weighted by Gasteiger charge is -2.02. The summed E-state index contributed by atoms with van der Waals surface area (Å²) in [6.45, 7) is 2.22. The fourth-order valence-corrected chi connectivity index (χ4v) is 3.21. The van der Waals surface area contributed by atoms with Crippen molar-refractivity contribution in [3.8, 4) is 0 Å². The van der Waals surface area contributed by atoms with Crippen LogP contribution in [0.25, 0.3) is 11.0 Å². The van der Waals surface area contributed by atoms with Crippen molar-refractivity contribution in [2.24, 2.45) is 5.10 Å². The van der Waals surface area contributed by atoms with Crippen molar-refractivity contribution >= 4 is 34.7 Å². The maximum absolute atomic E-state index is 12.4. The Balaban J connectivity index is 1.69. The average Bonchev–Trinajstić information content (AvgIpc) is 2.69. The molecule has 2 rings (SSSR count). The molecule has 6 heteroatoms. The van der Waals surface area contributed by atoms with Crippen molar-refractivity contribution in [2.45, 2.75) is 71.1 Å². The van der Waals surface area contributed by atoms with Gasteiger partial charge in [0.2, 0.25) is 11.3 Å². The van der Waals surface area contributed by atoms with E-state index in [0.717, 1.165) is 12.8 Å². The molecule has 0 bridgehead atoms. The fraction of sp³-hybridized carbons (Fsp3) is 0.500. The average molecular weight is 405 g/mol. The van der Waals surface area contributed by atoms with Crippen molar-refractivity contribution in [1.29, 1.82) is 0 Å². The predicted molar refractivity (Wildman–Crippen MR) is 115 cm³/mol. The highest BCUT2D eigenvalue weighted by Gasteiger charge is 2.06.